The molecule has 0 bridgehead atoms. The van der Waals surface area contributed by atoms with Gasteiger partial charge in [-0.3, -0.25) is 13.9 Å². The summed E-state index contributed by atoms with van der Waals surface area (Å²) in [7, 11) is -4.19. The molecule has 0 unspecified atom stereocenters. The van der Waals surface area contributed by atoms with Crippen molar-refractivity contribution in [3.05, 3.63) is 130 Å². The van der Waals surface area contributed by atoms with Gasteiger partial charge in [0.2, 0.25) is 11.8 Å². The van der Waals surface area contributed by atoms with Crippen LogP contribution in [0.1, 0.15) is 43.2 Å². The third-order valence-electron chi connectivity index (χ3n) is 8.17. The van der Waals surface area contributed by atoms with E-state index in [1.165, 1.54) is 23.1 Å². The fraction of sp³-hybridized carbons (Fsp3) is 0.278. The SMILES string of the molecule is O=C(NC1CCCCC1)[C@H](Cc1ccccc1)N(Cc1cccc(Br)c1)C(=O)CN(c1cccc(Cl)c1)S(=O)(=O)c1ccccc1. The summed E-state index contributed by atoms with van der Waals surface area (Å²) in [4.78, 5) is 30.3. The van der Waals surface area contributed by atoms with Gasteiger partial charge in [-0.2, -0.15) is 0 Å². The number of benzene rings is 4. The summed E-state index contributed by atoms with van der Waals surface area (Å²) in [5.74, 6) is -0.765. The molecule has 0 radical (unpaired) electrons. The number of sulfonamides is 1. The molecule has 0 saturated heterocycles. The number of amides is 2. The Kier molecular flexibility index (Phi) is 11.5. The largest absolute Gasteiger partial charge is 0.352 e. The van der Waals surface area contributed by atoms with Crippen LogP contribution in [0.5, 0.6) is 0 Å². The third-order valence-corrected chi connectivity index (χ3v) is 10.7. The van der Waals surface area contributed by atoms with Crippen molar-refractivity contribution in [3.63, 3.8) is 0 Å². The first kappa shape index (κ1) is 33.7. The van der Waals surface area contributed by atoms with Gasteiger partial charge in [-0.1, -0.05) is 114 Å². The average molecular weight is 723 g/mol. The van der Waals surface area contributed by atoms with E-state index in [-0.39, 0.29) is 35.5 Å². The average Bonchev–Trinajstić information content (AvgIpc) is 3.06. The van der Waals surface area contributed by atoms with Crippen LogP contribution in [0.3, 0.4) is 0 Å². The smallest absolute Gasteiger partial charge is 0.264 e. The van der Waals surface area contributed by atoms with Gasteiger partial charge in [0.1, 0.15) is 12.6 Å². The van der Waals surface area contributed by atoms with Crippen molar-refractivity contribution in [2.45, 2.75) is 62.0 Å². The number of carbonyl (C=O) groups is 2. The number of nitrogens with one attached hydrogen (secondary N) is 1. The first-order valence-corrected chi connectivity index (χ1v) is 18.0. The lowest BCUT2D eigenvalue weighted by atomic mass is 9.94. The van der Waals surface area contributed by atoms with Gasteiger partial charge >= 0.3 is 0 Å². The Morgan fingerprint density at radius 2 is 1.48 bits per heavy atom. The molecule has 240 valence electrons. The lowest BCUT2D eigenvalue weighted by molar-refractivity contribution is -0.140. The van der Waals surface area contributed by atoms with Gasteiger partial charge in [0.25, 0.3) is 10.0 Å². The standard InChI is InChI=1S/C36H37BrClN3O4S/c37-29-15-10-14-28(22-29)25-40(34(23-27-12-4-1-5-13-27)36(43)39-31-17-6-2-7-18-31)35(42)26-41(32-19-11-16-30(38)24-32)46(44,45)33-20-8-3-9-21-33/h1,3-5,8-16,19-22,24,31,34H,2,6-7,17-18,23,25-26H2,(H,39,43)/t34-/m0/s1. The molecule has 2 amide bonds. The zero-order valence-electron chi connectivity index (χ0n) is 25.4. The Labute approximate surface area is 284 Å². The molecular weight excluding hydrogens is 686 g/mol. The van der Waals surface area contributed by atoms with Crippen LogP contribution in [-0.4, -0.2) is 43.8 Å². The Morgan fingerprint density at radius 3 is 2.15 bits per heavy atom. The second-order valence-corrected chi connectivity index (χ2v) is 14.7. The van der Waals surface area contributed by atoms with E-state index in [0.29, 0.717) is 5.02 Å². The van der Waals surface area contributed by atoms with Crippen molar-refractivity contribution in [2.24, 2.45) is 0 Å². The number of rotatable bonds is 12. The van der Waals surface area contributed by atoms with Gasteiger partial charge in [0, 0.05) is 28.5 Å². The molecule has 0 spiro atoms. The van der Waals surface area contributed by atoms with Crippen LogP contribution in [0.2, 0.25) is 5.02 Å². The highest BCUT2D eigenvalue weighted by atomic mass is 79.9. The van der Waals surface area contributed by atoms with E-state index in [4.69, 9.17) is 11.6 Å². The van der Waals surface area contributed by atoms with E-state index in [0.717, 1.165) is 52.0 Å². The van der Waals surface area contributed by atoms with Crippen molar-refractivity contribution in [3.8, 4) is 0 Å². The number of hydrogen-bond acceptors (Lipinski definition) is 4. The number of halogens is 2. The van der Waals surface area contributed by atoms with Crippen LogP contribution < -0.4 is 9.62 Å². The molecule has 5 rings (SSSR count). The van der Waals surface area contributed by atoms with Gasteiger partial charge in [-0.15, -0.1) is 0 Å². The van der Waals surface area contributed by atoms with E-state index >= 15 is 0 Å². The maximum Gasteiger partial charge on any atom is 0.264 e. The van der Waals surface area contributed by atoms with E-state index in [9.17, 15) is 18.0 Å². The molecular formula is C36H37BrClN3O4S. The first-order valence-electron chi connectivity index (χ1n) is 15.4. The molecule has 1 N–H and O–H groups in total. The number of anilines is 1. The molecule has 46 heavy (non-hydrogen) atoms. The molecule has 1 aliphatic rings. The monoisotopic (exact) mass is 721 g/mol. The van der Waals surface area contributed by atoms with Gasteiger partial charge in [-0.25, -0.2) is 8.42 Å². The van der Waals surface area contributed by atoms with E-state index in [1.807, 2.05) is 54.6 Å². The summed E-state index contributed by atoms with van der Waals surface area (Å²) >= 11 is 9.83. The number of carbonyl (C=O) groups excluding carboxylic acids is 2. The van der Waals surface area contributed by atoms with Crippen molar-refractivity contribution < 1.29 is 18.0 Å². The summed E-state index contributed by atoms with van der Waals surface area (Å²) in [6.07, 6.45) is 5.27. The minimum atomic E-state index is -4.19. The zero-order valence-corrected chi connectivity index (χ0v) is 28.6. The second kappa shape index (κ2) is 15.8. The lowest BCUT2D eigenvalue weighted by Gasteiger charge is -2.35. The Hall–Kier alpha value is -3.66. The maximum absolute atomic E-state index is 14.6. The van der Waals surface area contributed by atoms with Crippen molar-refractivity contribution in [2.75, 3.05) is 10.8 Å². The van der Waals surface area contributed by atoms with Crippen LogP contribution in [0.25, 0.3) is 0 Å². The topological polar surface area (TPSA) is 86.8 Å². The summed E-state index contributed by atoms with van der Waals surface area (Å²) in [5.41, 5.74) is 1.94. The van der Waals surface area contributed by atoms with E-state index < -0.39 is 28.5 Å². The molecule has 7 nitrogen and oxygen atoms in total. The Bertz CT molecular complexity index is 1730. The normalized spacial score (nSPS) is 14.3. The van der Waals surface area contributed by atoms with Crippen molar-refractivity contribution in [1.29, 1.82) is 0 Å². The lowest BCUT2D eigenvalue weighted by Crippen LogP contribution is -2.55. The summed E-state index contributed by atoms with van der Waals surface area (Å²) < 4.78 is 30.1. The molecule has 4 aromatic rings. The summed E-state index contributed by atoms with van der Waals surface area (Å²) in [6.45, 7) is -0.434. The molecule has 4 aromatic carbocycles. The molecule has 0 heterocycles. The van der Waals surface area contributed by atoms with E-state index in [2.05, 4.69) is 21.2 Å². The zero-order chi connectivity index (χ0) is 32.5. The highest BCUT2D eigenvalue weighted by molar-refractivity contribution is 9.10. The van der Waals surface area contributed by atoms with Gasteiger partial charge < -0.3 is 10.2 Å². The Balaban J connectivity index is 1.56. The van der Waals surface area contributed by atoms with Crippen molar-refractivity contribution in [1.82, 2.24) is 10.2 Å². The molecule has 1 fully saturated rings. The van der Waals surface area contributed by atoms with E-state index in [1.54, 1.807) is 36.4 Å². The summed E-state index contributed by atoms with van der Waals surface area (Å²) in [5, 5.41) is 3.56. The summed E-state index contributed by atoms with van der Waals surface area (Å²) in [6, 6.07) is 30.7. The van der Waals surface area contributed by atoms with Crippen LogP contribution in [-0.2, 0) is 32.6 Å². The highest BCUT2D eigenvalue weighted by Gasteiger charge is 2.35. The van der Waals surface area contributed by atoms with Gasteiger partial charge in [0.05, 0.1) is 10.6 Å². The molecule has 0 aliphatic heterocycles. The predicted octanol–water partition coefficient (Wildman–Crippen LogP) is 7.39. The second-order valence-electron chi connectivity index (χ2n) is 11.5. The molecule has 10 heteroatoms. The van der Waals surface area contributed by atoms with Crippen molar-refractivity contribution >= 4 is 55.1 Å². The number of nitrogens with zero attached hydrogens (tertiary/aromatic N) is 2. The van der Waals surface area contributed by atoms with Crippen LogP contribution in [0, 0.1) is 0 Å². The fourth-order valence-corrected chi connectivity index (χ4v) is 7.87. The maximum atomic E-state index is 14.6. The minimum Gasteiger partial charge on any atom is -0.352 e. The third kappa shape index (κ3) is 8.78. The Morgan fingerprint density at radius 1 is 0.826 bits per heavy atom. The van der Waals surface area contributed by atoms with Crippen LogP contribution in [0.4, 0.5) is 5.69 Å². The molecule has 1 aliphatic carbocycles. The highest BCUT2D eigenvalue weighted by Crippen LogP contribution is 2.27. The number of hydrogen-bond donors (Lipinski definition) is 1. The first-order chi connectivity index (χ1) is 22.2. The molecule has 1 saturated carbocycles. The van der Waals surface area contributed by atoms with Crippen LogP contribution in [0.15, 0.2) is 119 Å². The van der Waals surface area contributed by atoms with Gasteiger partial charge in [0.15, 0.2) is 0 Å². The fourth-order valence-electron chi connectivity index (χ4n) is 5.81. The molecule has 1 atom stereocenters. The minimum absolute atomic E-state index is 0.0313. The van der Waals surface area contributed by atoms with Crippen LogP contribution >= 0.6 is 27.5 Å². The molecule has 0 aromatic heterocycles. The van der Waals surface area contributed by atoms with Gasteiger partial charge in [-0.05, 0) is 66.4 Å². The quantitative estimate of drug-likeness (QED) is 0.165. The predicted molar refractivity (Wildman–Crippen MR) is 186 cm³/mol.